The maximum absolute atomic E-state index is 12.4. The van der Waals surface area contributed by atoms with Gasteiger partial charge in [0.1, 0.15) is 0 Å². The van der Waals surface area contributed by atoms with Crippen LogP contribution < -0.4 is 10.6 Å². The van der Waals surface area contributed by atoms with Crippen LogP contribution in [0.4, 0.5) is 4.79 Å². The summed E-state index contributed by atoms with van der Waals surface area (Å²) in [5.41, 5.74) is 0.411. The Balaban J connectivity index is 1.94. The normalized spacial score (nSPS) is 19.8. The van der Waals surface area contributed by atoms with Gasteiger partial charge in [-0.15, -0.1) is 0 Å². The third kappa shape index (κ3) is 4.50. The van der Waals surface area contributed by atoms with Crippen LogP contribution in [0.3, 0.4) is 0 Å². The van der Waals surface area contributed by atoms with Crippen molar-refractivity contribution >= 4 is 6.03 Å². The Morgan fingerprint density at radius 1 is 1.38 bits per heavy atom. The topological polar surface area (TPSA) is 79.2 Å². The number of nitrogens with one attached hydrogen (secondary N) is 2. The van der Waals surface area contributed by atoms with Gasteiger partial charge in [0, 0.05) is 17.8 Å². The van der Waals surface area contributed by atoms with Gasteiger partial charge in [0.25, 0.3) is 0 Å². The maximum Gasteiger partial charge on any atom is 0.315 e. The molecule has 1 aromatic heterocycles. The van der Waals surface area contributed by atoms with Crippen molar-refractivity contribution in [1.29, 1.82) is 0 Å². The van der Waals surface area contributed by atoms with E-state index in [0.717, 1.165) is 18.4 Å². The molecule has 0 aromatic carbocycles. The minimum absolute atomic E-state index is 0.0370. The fourth-order valence-electron chi connectivity index (χ4n) is 3.44. The van der Waals surface area contributed by atoms with E-state index in [4.69, 9.17) is 0 Å². The molecule has 2 amide bonds. The third-order valence-corrected chi connectivity index (χ3v) is 5.23. The number of amides is 2. The lowest BCUT2D eigenvalue weighted by molar-refractivity contribution is 0.101. The van der Waals surface area contributed by atoms with Crippen molar-refractivity contribution in [2.45, 2.75) is 77.4 Å². The number of hydrogen-bond acceptors (Lipinski definition) is 3. The van der Waals surface area contributed by atoms with Gasteiger partial charge >= 0.3 is 6.03 Å². The quantitative estimate of drug-likeness (QED) is 0.746. The summed E-state index contributed by atoms with van der Waals surface area (Å²) in [6.45, 7) is 7.99. The van der Waals surface area contributed by atoms with Crippen LogP contribution in [0.1, 0.15) is 77.4 Å². The number of nitrogens with zero attached hydrogens (tertiary/aromatic N) is 2. The molecule has 2 rings (SSSR count). The number of aromatic nitrogens is 2. The zero-order chi connectivity index (χ0) is 17.7. The van der Waals surface area contributed by atoms with Gasteiger partial charge < -0.3 is 15.7 Å². The number of carbonyl (C=O) groups is 1. The van der Waals surface area contributed by atoms with Crippen LogP contribution in [0.5, 0.6) is 0 Å². The average molecular weight is 336 g/mol. The highest BCUT2D eigenvalue weighted by molar-refractivity contribution is 5.75. The van der Waals surface area contributed by atoms with E-state index in [9.17, 15) is 9.90 Å². The van der Waals surface area contributed by atoms with E-state index in [2.05, 4.69) is 29.6 Å². The van der Waals surface area contributed by atoms with Crippen LogP contribution in [0.2, 0.25) is 0 Å². The van der Waals surface area contributed by atoms with Gasteiger partial charge in [-0.2, -0.15) is 5.10 Å². The molecule has 136 valence electrons. The first-order valence-corrected chi connectivity index (χ1v) is 9.09. The van der Waals surface area contributed by atoms with E-state index >= 15 is 0 Å². The van der Waals surface area contributed by atoms with Gasteiger partial charge in [-0.3, -0.25) is 4.68 Å². The van der Waals surface area contributed by atoms with E-state index in [0.29, 0.717) is 12.0 Å². The Labute approximate surface area is 145 Å². The van der Waals surface area contributed by atoms with Gasteiger partial charge in [-0.1, -0.05) is 19.3 Å². The first-order chi connectivity index (χ1) is 11.4. The third-order valence-electron chi connectivity index (χ3n) is 5.23. The molecule has 1 aromatic rings. The van der Waals surface area contributed by atoms with Gasteiger partial charge in [0.05, 0.1) is 24.4 Å². The highest BCUT2D eigenvalue weighted by Crippen LogP contribution is 2.32. The second kappa shape index (κ2) is 8.01. The molecule has 6 heteroatoms. The molecule has 0 spiro atoms. The number of aliphatic hydroxyl groups excluding tert-OH is 1. The Hall–Kier alpha value is -1.56. The second-order valence-corrected chi connectivity index (χ2v) is 7.58. The molecule has 0 saturated heterocycles. The number of hydrogen-bond donors (Lipinski definition) is 3. The Bertz CT molecular complexity index is 537. The van der Waals surface area contributed by atoms with Crippen molar-refractivity contribution in [2.24, 2.45) is 5.92 Å². The lowest BCUT2D eigenvalue weighted by Crippen LogP contribution is -2.57. The van der Waals surface area contributed by atoms with Crippen molar-refractivity contribution in [3.63, 3.8) is 0 Å². The van der Waals surface area contributed by atoms with Crippen molar-refractivity contribution in [1.82, 2.24) is 20.4 Å². The molecule has 3 N–H and O–H groups in total. The molecule has 1 saturated carbocycles. The van der Waals surface area contributed by atoms with E-state index in [1.54, 1.807) is 6.20 Å². The zero-order valence-corrected chi connectivity index (χ0v) is 15.4. The van der Waals surface area contributed by atoms with Crippen LogP contribution in [0, 0.1) is 5.92 Å². The summed E-state index contributed by atoms with van der Waals surface area (Å²) in [6.07, 6.45) is 9.48. The number of carbonyl (C=O) groups excluding carboxylic acids is 1. The van der Waals surface area contributed by atoms with Crippen molar-refractivity contribution in [3.05, 3.63) is 18.0 Å². The predicted octanol–water partition coefficient (Wildman–Crippen LogP) is 3.16. The molecular formula is C18H32N4O2. The molecule has 2 atom stereocenters. The fourth-order valence-corrected chi connectivity index (χ4v) is 3.44. The van der Waals surface area contributed by atoms with E-state index in [1.165, 1.54) is 19.3 Å². The SMILES string of the molecule is CC(C)n1cc([C@@H](C)NC(=O)N[C@@](C)(CO)C2CCCCC2)cn1. The summed E-state index contributed by atoms with van der Waals surface area (Å²) < 4.78 is 1.88. The fraction of sp³-hybridized carbons (Fsp3) is 0.778. The summed E-state index contributed by atoms with van der Waals surface area (Å²) in [5.74, 6) is 0.334. The molecule has 0 aliphatic heterocycles. The number of aliphatic hydroxyl groups is 1. The maximum atomic E-state index is 12.4. The molecule has 24 heavy (non-hydrogen) atoms. The van der Waals surface area contributed by atoms with Crippen molar-refractivity contribution in [2.75, 3.05) is 6.61 Å². The minimum Gasteiger partial charge on any atom is -0.394 e. The van der Waals surface area contributed by atoms with Crippen LogP contribution >= 0.6 is 0 Å². The summed E-state index contributed by atoms with van der Waals surface area (Å²) in [6, 6.07) is -0.0718. The summed E-state index contributed by atoms with van der Waals surface area (Å²) in [4.78, 5) is 12.4. The molecule has 0 bridgehead atoms. The molecule has 0 radical (unpaired) electrons. The Morgan fingerprint density at radius 3 is 2.58 bits per heavy atom. The summed E-state index contributed by atoms with van der Waals surface area (Å²) in [5, 5.41) is 20.1. The molecule has 0 unspecified atom stereocenters. The molecular weight excluding hydrogens is 304 g/mol. The van der Waals surface area contributed by atoms with E-state index in [1.807, 2.05) is 24.7 Å². The molecule has 1 aliphatic rings. The van der Waals surface area contributed by atoms with Crippen LogP contribution in [-0.4, -0.2) is 33.1 Å². The first kappa shape index (κ1) is 18.8. The second-order valence-electron chi connectivity index (χ2n) is 7.58. The number of rotatable bonds is 6. The van der Waals surface area contributed by atoms with Gasteiger partial charge in [-0.25, -0.2) is 4.79 Å². The Kier molecular flexibility index (Phi) is 6.27. The van der Waals surface area contributed by atoms with Crippen LogP contribution in [0.25, 0.3) is 0 Å². The number of urea groups is 1. The molecule has 1 fully saturated rings. The average Bonchev–Trinajstić information content (AvgIpc) is 3.06. The molecule has 6 nitrogen and oxygen atoms in total. The van der Waals surface area contributed by atoms with Crippen LogP contribution in [-0.2, 0) is 0 Å². The van der Waals surface area contributed by atoms with Gasteiger partial charge in [0.15, 0.2) is 0 Å². The van der Waals surface area contributed by atoms with Crippen molar-refractivity contribution < 1.29 is 9.90 Å². The first-order valence-electron chi connectivity index (χ1n) is 9.09. The smallest absolute Gasteiger partial charge is 0.315 e. The highest BCUT2D eigenvalue weighted by atomic mass is 16.3. The zero-order valence-electron chi connectivity index (χ0n) is 15.4. The summed E-state index contributed by atoms with van der Waals surface area (Å²) >= 11 is 0. The lowest BCUT2D eigenvalue weighted by atomic mass is 9.76. The minimum atomic E-state index is -0.563. The monoisotopic (exact) mass is 336 g/mol. The largest absolute Gasteiger partial charge is 0.394 e. The Morgan fingerprint density at radius 2 is 2.04 bits per heavy atom. The lowest BCUT2D eigenvalue weighted by Gasteiger charge is -2.39. The van der Waals surface area contributed by atoms with Crippen LogP contribution in [0.15, 0.2) is 12.4 Å². The summed E-state index contributed by atoms with van der Waals surface area (Å²) in [7, 11) is 0. The van der Waals surface area contributed by atoms with E-state index < -0.39 is 5.54 Å². The van der Waals surface area contributed by atoms with Gasteiger partial charge in [0.2, 0.25) is 0 Å². The van der Waals surface area contributed by atoms with E-state index in [-0.39, 0.29) is 18.7 Å². The standard InChI is InChI=1S/C18H32N4O2/c1-13(2)22-11-15(10-19-22)14(3)20-17(24)21-18(4,12-23)16-8-6-5-7-9-16/h10-11,13-14,16,23H,5-9,12H2,1-4H3,(H2,20,21,24)/t14-,18+/m1/s1. The van der Waals surface area contributed by atoms with Crippen molar-refractivity contribution in [3.8, 4) is 0 Å². The van der Waals surface area contributed by atoms with Gasteiger partial charge in [-0.05, 0) is 46.5 Å². The highest BCUT2D eigenvalue weighted by Gasteiger charge is 2.36. The molecule has 1 heterocycles. The predicted molar refractivity (Wildman–Crippen MR) is 94.8 cm³/mol. The molecule has 1 aliphatic carbocycles.